The second-order valence-corrected chi connectivity index (χ2v) is 10.3. The van der Waals surface area contributed by atoms with E-state index < -0.39 is 11.8 Å². The molecule has 1 heterocycles. The van der Waals surface area contributed by atoms with E-state index in [2.05, 4.69) is 21.4 Å². The fourth-order valence-corrected chi connectivity index (χ4v) is 4.97. The Balaban J connectivity index is 1.55. The van der Waals surface area contributed by atoms with Gasteiger partial charge in [0.25, 0.3) is 11.8 Å². The van der Waals surface area contributed by atoms with Crippen molar-refractivity contribution in [1.29, 1.82) is 0 Å². The molecule has 34 heavy (non-hydrogen) atoms. The van der Waals surface area contributed by atoms with Crippen LogP contribution < -0.4 is 10.2 Å². The largest absolute Gasteiger partial charge is 0.488 e. The normalized spacial score (nSPS) is 14.6. The van der Waals surface area contributed by atoms with Crippen molar-refractivity contribution in [1.82, 2.24) is 10.4 Å². The molecule has 0 saturated carbocycles. The Labute approximate surface area is 220 Å². The fraction of sp³-hybridized carbons (Fsp3) is 0.0800. The van der Waals surface area contributed by atoms with Crippen LogP contribution in [0.3, 0.4) is 0 Å². The summed E-state index contributed by atoms with van der Waals surface area (Å²) in [6, 6.07) is 20.2. The minimum atomic E-state index is -0.521. The van der Waals surface area contributed by atoms with Gasteiger partial charge in [-0.1, -0.05) is 75.7 Å². The number of amides is 2. The van der Waals surface area contributed by atoms with Gasteiger partial charge in [0.05, 0.1) is 15.5 Å². The van der Waals surface area contributed by atoms with Crippen molar-refractivity contribution in [2.45, 2.75) is 13.5 Å². The molecule has 172 valence electrons. The molecule has 0 unspecified atom stereocenters. The summed E-state index contributed by atoms with van der Waals surface area (Å²) >= 11 is 16.0. The van der Waals surface area contributed by atoms with Crippen LogP contribution in [0, 0.1) is 6.92 Å². The number of carbonyl (C=O) groups excluding carboxylic acids is 2. The first-order valence-corrected chi connectivity index (χ1v) is 12.5. The quantitative estimate of drug-likeness (QED) is 0.268. The zero-order valence-corrected chi connectivity index (χ0v) is 21.9. The molecule has 9 heteroatoms. The number of nitrogens with zero attached hydrogens (tertiary/aromatic N) is 1. The maximum Gasteiger partial charge on any atom is 0.285 e. The van der Waals surface area contributed by atoms with Crippen LogP contribution in [-0.2, 0) is 11.4 Å². The second kappa shape index (κ2) is 10.7. The molecule has 1 fully saturated rings. The average molecular weight is 574 g/mol. The summed E-state index contributed by atoms with van der Waals surface area (Å²) in [5.74, 6) is -0.329. The fourth-order valence-electron chi connectivity index (χ4n) is 3.20. The van der Waals surface area contributed by atoms with Crippen molar-refractivity contribution in [2.24, 2.45) is 0 Å². The van der Waals surface area contributed by atoms with Crippen LogP contribution >= 0.6 is 51.5 Å². The molecule has 3 aromatic carbocycles. The van der Waals surface area contributed by atoms with Gasteiger partial charge in [0.2, 0.25) is 0 Å². The number of thiocarbonyl (C=S) groups is 1. The number of halogens is 2. The third-order valence-electron chi connectivity index (χ3n) is 5.03. The first kappa shape index (κ1) is 24.5. The SMILES string of the molecule is Cc1ccccc1COc1ccc(Br)cc1/C=C1/SC(=S)N(NC(=O)c2ccccc2Cl)C1=O. The van der Waals surface area contributed by atoms with E-state index in [0.717, 1.165) is 32.4 Å². The molecule has 1 N–H and O–H groups in total. The van der Waals surface area contributed by atoms with Crippen molar-refractivity contribution in [3.63, 3.8) is 0 Å². The van der Waals surface area contributed by atoms with Gasteiger partial charge in [-0.15, -0.1) is 0 Å². The molecule has 0 aromatic heterocycles. The molecule has 1 saturated heterocycles. The summed E-state index contributed by atoms with van der Waals surface area (Å²) in [5.41, 5.74) is 5.72. The first-order valence-electron chi connectivity index (χ1n) is 10.1. The maximum atomic E-state index is 13.0. The highest BCUT2D eigenvalue weighted by atomic mass is 79.9. The second-order valence-electron chi connectivity index (χ2n) is 7.34. The van der Waals surface area contributed by atoms with E-state index in [1.54, 1.807) is 30.3 Å². The molecule has 1 aliphatic rings. The van der Waals surface area contributed by atoms with Crippen molar-refractivity contribution in [2.75, 3.05) is 0 Å². The van der Waals surface area contributed by atoms with Gasteiger partial charge in [0.15, 0.2) is 4.32 Å². The number of ether oxygens (including phenoxy) is 1. The number of benzene rings is 3. The van der Waals surface area contributed by atoms with Crippen molar-refractivity contribution in [3.05, 3.63) is 103 Å². The molecule has 5 nitrogen and oxygen atoms in total. The summed E-state index contributed by atoms with van der Waals surface area (Å²) in [6.07, 6.45) is 1.71. The lowest BCUT2D eigenvalue weighted by Crippen LogP contribution is -2.44. The van der Waals surface area contributed by atoms with Gasteiger partial charge in [-0.2, -0.15) is 5.01 Å². The molecule has 1 aliphatic heterocycles. The Hall–Kier alpha value is -2.65. The maximum absolute atomic E-state index is 13.0. The van der Waals surface area contributed by atoms with E-state index in [-0.39, 0.29) is 14.9 Å². The van der Waals surface area contributed by atoms with E-state index >= 15 is 0 Å². The monoisotopic (exact) mass is 572 g/mol. The standard InChI is InChI=1S/C25H18BrClN2O3S2/c1-15-6-2-3-7-16(15)14-32-21-11-10-18(26)12-17(21)13-22-24(31)29(25(33)34-22)28-23(30)19-8-4-5-9-20(19)27/h2-13H,14H2,1H3,(H,28,30)/b22-13+. The lowest BCUT2D eigenvalue weighted by Gasteiger charge is -2.16. The summed E-state index contributed by atoms with van der Waals surface area (Å²) in [5, 5.41) is 1.34. The minimum Gasteiger partial charge on any atom is -0.488 e. The van der Waals surface area contributed by atoms with Gasteiger partial charge in [-0.05, 0) is 66.7 Å². The topological polar surface area (TPSA) is 58.6 Å². The Bertz CT molecular complexity index is 1330. The molecular weight excluding hydrogens is 556 g/mol. The number of hydrazine groups is 1. The van der Waals surface area contributed by atoms with Crippen LogP contribution in [0.4, 0.5) is 0 Å². The van der Waals surface area contributed by atoms with Gasteiger partial charge in [0, 0.05) is 10.0 Å². The Kier molecular flexibility index (Phi) is 7.73. The van der Waals surface area contributed by atoms with Crippen LogP contribution in [0.2, 0.25) is 5.02 Å². The van der Waals surface area contributed by atoms with Crippen LogP contribution in [0.1, 0.15) is 27.0 Å². The molecule has 0 radical (unpaired) electrons. The highest BCUT2D eigenvalue weighted by Gasteiger charge is 2.34. The predicted octanol–water partition coefficient (Wildman–Crippen LogP) is 6.54. The summed E-state index contributed by atoms with van der Waals surface area (Å²) in [6.45, 7) is 2.42. The molecular formula is C25H18BrClN2O3S2. The number of rotatable bonds is 6. The molecule has 0 aliphatic carbocycles. The number of hydrogen-bond donors (Lipinski definition) is 1. The van der Waals surface area contributed by atoms with Gasteiger partial charge in [0.1, 0.15) is 12.4 Å². The number of carbonyl (C=O) groups is 2. The van der Waals surface area contributed by atoms with E-state index in [1.165, 1.54) is 0 Å². The van der Waals surface area contributed by atoms with E-state index in [1.807, 2.05) is 49.4 Å². The Morgan fingerprint density at radius 1 is 1.18 bits per heavy atom. The highest BCUT2D eigenvalue weighted by molar-refractivity contribution is 9.10. The number of hydrogen-bond acceptors (Lipinski definition) is 5. The molecule has 0 bridgehead atoms. The highest BCUT2D eigenvalue weighted by Crippen LogP contribution is 2.35. The molecule has 0 atom stereocenters. The lowest BCUT2D eigenvalue weighted by molar-refractivity contribution is -0.123. The van der Waals surface area contributed by atoms with E-state index in [4.69, 9.17) is 28.6 Å². The molecule has 4 rings (SSSR count). The van der Waals surface area contributed by atoms with Crippen LogP contribution in [0.5, 0.6) is 5.75 Å². The number of nitrogens with one attached hydrogen (secondary N) is 1. The zero-order valence-electron chi connectivity index (χ0n) is 17.9. The third-order valence-corrected chi connectivity index (χ3v) is 7.15. The Morgan fingerprint density at radius 3 is 2.68 bits per heavy atom. The summed E-state index contributed by atoms with van der Waals surface area (Å²) in [7, 11) is 0. The molecule has 2 amide bonds. The van der Waals surface area contributed by atoms with Gasteiger partial charge in [-0.25, -0.2) is 0 Å². The molecule has 3 aromatic rings. The van der Waals surface area contributed by atoms with Crippen molar-refractivity contribution in [3.8, 4) is 5.75 Å². The van der Waals surface area contributed by atoms with Gasteiger partial charge in [-0.3, -0.25) is 15.0 Å². The van der Waals surface area contributed by atoms with E-state index in [0.29, 0.717) is 22.8 Å². The number of thioether (sulfide) groups is 1. The molecule has 0 spiro atoms. The minimum absolute atomic E-state index is 0.217. The van der Waals surface area contributed by atoms with Gasteiger partial charge >= 0.3 is 0 Å². The summed E-state index contributed by atoms with van der Waals surface area (Å²) in [4.78, 5) is 26.0. The third kappa shape index (κ3) is 5.52. The van der Waals surface area contributed by atoms with Crippen molar-refractivity contribution < 1.29 is 14.3 Å². The van der Waals surface area contributed by atoms with E-state index in [9.17, 15) is 9.59 Å². The lowest BCUT2D eigenvalue weighted by atomic mass is 10.1. The van der Waals surface area contributed by atoms with Crippen LogP contribution in [-0.4, -0.2) is 21.1 Å². The van der Waals surface area contributed by atoms with Gasteiger partial charge < -0.3 is 4.74 Å². The summed E-state index contributed by atoms with van der Waals surface area (Å²) < 4.78 is 7.13. The van der Waals surface area contributed by atoms with Crippen molar-refractivity contribution >= 4 is 73.7 Å². The first-order chi connectivity index (χ1) is 16.3. The predicted molar refractivity (Wildman–Crippen MR) is 144 cm³/mol. The number of aryl methyl sites for hydroxylation is 1. The smallest absolute Gasteiger partial charge is 0.285 e. The van der Waals surface area contributed by atoms with Crippen LogP contribution in [0.15, 0.2) is 76.1 Å². The zero-order chi connectivity index (χ0) is 24.2. The Morgan fingerprint density at radius 2 is 1.91 bits per heavy atom. The van der Waals surface area contributed by atoms with Crippen LogP contribution in [0.25, 0.3) is 6.08 Å². The average Bonchev–Trinajstić information content (AvgIpc) is 3.07.